The molecule has 24 heavy (non-hydrogen) atoms. The molecule has 5 nitrogen and oxygen atoms in total. The van der Waals surface area contributed by atoms with Gasteiger partial charge < -0.3 is 14.3 Å². The fourth-order valence-electron chi connectivity index (χ4n) is 4.12. The lowest BCUT2D eigenvalue weighted by molar-refractivity contribution is -0.126. The van der Waals surface area contributed by atoms with Crippen LogP contribution in [0.3, 0.4) is 0 Å². The lowest BCUT2D eigenvalue weighted by Crippen LogP contribution is -2.43. The van der Waals surface area contributed by atoms with Crippen LogP contribution < -0.4 is 0 Å². The molecule has 1 aromatic heterocycles. The summed E-state index contributed by atoms with van der Waals surface area (Å²) in [5.74, 6) is 0.336. The molecule has 1 saturated carbocycles. The van der Waals surface area contributed by atoms with Crippen LogP contribution in [0.15, 0.2) is 22.6 Å². The van der Waals surface area contributed by atoms with Crippen molar-refractivity contribution in [2.24, 2.45) is 5.92 Å². The molecule has 1 amide bonds. The molecule has 1 saturated heterocycles. The summed E-state index contributed by atoms with van der Waals surface area (Å²) in [4.78, 5) is 30.4. The Bertz CT molecular complexity index is 853. The van der Waals surface area contributed by atoms with Gasteiger partial charge in [-0.2, -0.15) is 0 Å². The molecule has 1 aromatic carbocycles. The number of likely N-dealkylation sites (tertiary alicyclic amines) is 1. The monoisotopic (exact) mass is 344 g/mol. The minimum atomic E-state index is -0.0138. The Labute approximate surface area is 145 Å². The third-order valence-corrected chi connectivity index (χ3v) is 5.48. The van der Waals surface area contributed by atoms with Gasteiger partial charge in [0.05, 0.1) is 5.52 Å². The molecule has 2 heterocycles. The van der Waals surface area contributed by atoms with Crippen LogP contribution >= 0.6 is 12.2 Å². The molecule has 0 bridgehead atoms. The van der Waals surface area contributed by atoms with Crippen LogP contribution in [-0.4, -0.2) is 34.2 Å². The van der Waals surface area contributed by atoms with E-state index in [0.717, 1.165) is 44.2 Å². The van der Waals surface area contributed by atoms with E-state index in [2.05, 4.69) is 4.98 Å². The van der Waals surface area contributed by atoms with Gasteiger partial charge in [0.25, 0.3) is 10.7 Å². The van der Waals surface area contributed by atoms with E-state index in [-0.39, 0.29) is 17.9 Å². The van der Waals surface area contributed by atoms with E-state index >= 15 is 0 Å². The fourth-order valence-corrected chi connectivity index (χ4v) is 4.32. The Morgan fingerprint density at radius 2 is 2.12 bits per heavy atom. The normalized spacial score (nSPS) is 24.7. The molecule has 2 aliphatic rings. The number of nitrogens with zero attached hydrogens (tertiary/aromatic N) is 1. The van der Waals surface area contributed by atoms with Gasteiger partial charge in [0.1, 0.15) is 5.78 Å². The highest BCUT2D eigenvalue weighted by molar-refractivity contribution is 7.71. The second-order valence-corrected chi connectivity index (χ2v) is 7.12. The summed E-state index contributed by atoms with van der Waals surface area (Å²) in [6.45, 7) is 0.724. The zero-order chi connectivity index (χ0) is 16.7. The number of oxazole rings is 1. The van der Waals surface area contributed by atoms with Crippen molar-refractivity contribution in [3.8, 4) is 0 Å². The van der Waals surface area contributed by atoms with E-state index in [4.69, 9.17) is 16.6 Å². The van der Waals surface area contributed by atoms with Crippen LogP contribution in [0.4, 0.5) is 0 Å². The van der Waals surface area contributed by atoms with Crippen molar-refractivity contribution in [2.75, 3.05) is 6.54 Å². The zero-order valence-corrected chi connectivity index (χ0v) is 14.2. The number of H-pyrrole nitrogens is 1. The van der Waals surface area contributed by atoms with Gasteiger partial charge in [-0.05, 0) is 56.1 Å². The highest BCUT2D eigenvalue weighted by Gasteiger charge is 2.39. The quantitative estimate of drug-likeness (QED) is 0.840. The molecule has 2 fully saturated rings. The van der Waals surface area contributed by atoms with Crippen LogP contribution in [-0.2, 0) is 4.79 Å². The average Bonchev–Trinajstić information content (AvgIpc) is 3.19. The number of Topliss-reactive ketones (excluding diaryl/α,β-unsaturated/α-hetero) is 1. The number of ketones is 1. The van der Waals surface area contributed by atoms with Crippen molar-refractivity contribution in [2.45, 2.75) is 44.6 Å². The lowest BCUT2D eigenvalue weighted by Gasteiger charge is -2.33. The van der Waals surface area contributed by atoms with E-state index < -0.39 is 0 Å². The number of benzene rings is 1. The highest BCUT2D eigenvalue weighted by Crippen LogP contribution is 2.33. The van der Waals surface area contributed by atoms with E-state index in [0.29, 0.717) is 28.2 Å². The van der Waals surface area contributed by atoms with Crippen LogP contribution in [0.2, 0.25) is 0 Å². The third kappa shape index (κ3) is 2.69. The number of carbonyl (C=O) groups excluding carboxylic acids is 2. The molecule has 2 aromatic rings. The predicted octanol–water partition coefficient (Wildman–Crippen LogP) is 3.85. The minimum absolute atomic E-state index is 0.0138. The first-order valence-corrected chi connectivity index (χ1v) is 9.01. The first-order chi connectivity index (χ1) is 11.6. The summed E-state index contributed by atoms with van der Waals surface area (Å²) in [6, 6.07) is 5.41. The number of carbonyl (C=O) groups is 2. The van der Waals surface area contributed by atoms with E-state index in [1.165, 1.54) is 0 Å². The standard InChI is InChI=1S/C18H20N2O3S/c21-15-6-2-1-4-12(15)14-5-3-9-20(14)17(22)11-7-8-13-16(10-11)23-18(24)19-13/h7-8,10,12,14H,1-6,9H2,(H,19,24)/t12-,14-/m1/s1. The number of aromatic nitrogens is 1. The molecule has 4 rings (SSSR count). The molecular formula is C18H20N2O3S. The van der Waals surface area contributed by atoms with Crippen molar-refractivity contribution < 1.29 is 14.0 Å². The maximum Gasteiger partial charge on any atom is 0.266 e. The lowest BCUT2D eigenvalue weighted by atomic mass is 9.81. The SMILES string of the molecule is O=C1CCCC[C@@H]1[C@H]1CCCN1C(=O)c1ccc2[nH]c(=S)oc2c1. The second-order valence-electron chi connectivity index (χ2n) is 6.75. The molecule has 126 valence electrons. The maximum atomic E-state index is 13.0. The molecular weight excluding hydrogens is 324 g/mol. The van der Waals surface area contributed by atoms with Gasteiger partial charge in [-0.1, -0.05) is 6.42 Å². The number of aromatic amines is 1. The summed E-state index contributed by atoms with van der Waals surface area (Å²) in [7, 11) is 0. The van der Waals surface area contributed by atoms with Gasteiger partial charge in [-0.3, -0.25) is 9.59 Å². The van der Waals surface area contributed by atoms with Gasteiger partial charge in [0.2, 0.25) is 0 Å². The van der Waals surface area contributed by atoms with E-state index in [1.807, 2.05) is 11.0 Å². The molecule has 0 unspecified atom stereocenters. The Morgan fingerprint density at radius 3 is 2.96 bits per heavy atom. The van der Waals surface area contributed by atoms with Crippen molar-refractivity contribution >= 4 is 35.0 Å². The first-order valence-electron chi connectivity index (χ1n) is 8.60. The zero-order valence-electron chi connectivity index (χ0n) is 13.4. The van der Waals surface area contributed by atoms with Crippen LogP contribution in [0.5, 0.6) is 0 Å². The molecule has 1 N–H and O–H groups in total. The molecule has 1 aliphatic carbocycles. The van der Waals surface area contributed by atoms with Crippen molar-refractivity contribution in [3.05, 3.63) is 28.6 Å². The first kappa shape index (κ1) is 15.6. The van der Waals surface area contributed by atoms with Crippen LogP contribution in [0.25, 0.3) is 11.1 Å². The Hall–Kier alpha value is -1.95. The highest BCUT2D eigenvalue weighted by atomic mass is 32.1. The maximum absolute atomic E-state index is 13.0. The Balaban J connectivity index is 1.61. The third-order valence-electron chi connectivity index (χ3n) is 5.29. The van der Waals surface area contributed by atoms with Crippen molar-refractivity contribution in [1.82, 2.24) is 9.88 Å². The summed E-state index contributed by atoms with van der Waals surface area (Å²) in [5, 5.41) is 0. The smallest absolute Gasteiger partial charge is 0.266 e. The van der Waals surface area contributed by atoms with Gasteiger partial charge in [-0.15, -0.1) is 0 Å². The number of rotatable bonds is 2. The number of nitrogens with one attached hydrogen (secondary N) is 1. The van der Waals surface area contributed by atoms with Gasteiger partial charge in [0, 0.05) is 30.5 Å². The molecule has 6 heteroatoms. The van der Waals surface area contributed by atoms with Gasteiger partial charge in [0.15, 0.2) is 5.58 Å². The summed E-state index contributed by atoms with van der Waals surface area (Å²) >= 11 is 4.99. The number of hydrogen-bond donors (Lipinski definition) is 1. The predicted molar refractivity (Wildman–Crippen MR) is 92.4 cm³/mol. The van der Waals surface area contributed by atoms with Gasteiger partial charge in [-0.25, -0.2) is 0 Å². The summed E-state index contributed by atoms with van der Waals surface area (Å²) in [6.07, 6.45) is 5.55. The fraction of sp³-hybridized carbons (Fsp3) is 0.500. The Morgan fingerprint density at radius 1 is 1.25 bits per heavy atom. The van der Waals surface area contributed by atoms with Crippen LogP contribution in [0, 0.1) is 10.8 Å². The second kappa shape index (κ2) is 6.16. The molecule has 1 aliphatic heterocycles. The summed E-state index contributed by atoms with van der Waals surface area (Å²) < 4.78 is 5.42. The van der Waals surface area contributed by atoms with E-state index in [1.54, 1.807) is 12.1 Å². The van der Waals surface area contributed by atoms with Crippen molar-refractivity contribution in [3.63, 3.8) is 0 Å². The minimum Gasteiger partial charge on any atom is -0.429 e. The van der Waals surface area contributed by atoms with E-state index in [9.17, 15) is 9.59 Å². The molecule has 2 atom stereocenters. The van der Waals surface area contributed by atoms with Crippen LogP contribution in [0.1, 0.15) is 48.9 Å². The number of amides is 1. The summed E-state index contributed by atoms with van der Waals surface area (Å²) in [5.41, 5.74) is 1.97. The number of fused-ring (bicyclic) bond motifs is 1. The largest absolute Gasteiger partial charge is 0.429 e. The average molecular weight is 344 g/mol. The molecule has 0 spiro atoms. The number of hydrogen-bond acceptors (Lipinski definition) is 4. The molecule has 0 radical (unpaired) electrons. The topological polar surface area (TPSA) is 66.3 Å². The Kier molecular flexibility index (Phi) is 4.00. The van der Waals surface area contributed by atoms with Crippen molar-refractivity contribution in [1.29, 1.82) is 0 Å². The van der Waals surface area contributed by atoms with Gasteiger partial charge >= 0.3 is 0 Å².